The van der Waals surface area contributed by atoms with E-state index >= 15 is 0 Å². The minimum absolute atomic E-state index is 0.0239. The molecule has 118 valence electrons. The van der Waals surface area contributed by atoms with Crippen LogP contribution in [0.1, 0.15) is 39.2 Å². The number of aliphatic hydroxyl groups excluding tert-OH is 1. The Bertz CT molecular complexity index is 469. The van der Waals surface area contributed by atoms with Crippen LogP contribution in [0.4, 0.5) is 5.69 Å². The highest BCUT2D eigenvalue weighted by Gasteiger charge is 2.16. The number of hydrogen-bond donors (Lipinski definition) is 2. The molecule has 0 aliphatic carbocycles. The van der Waals surface area contributed by atoms with Crippen molar-refractivity contribution < 1.29 is 14.8 Å². The highest BCUT2D eigenvalue weighted by molar-refractivity contribution is 5.48. The molecule has 0 radical (unpaired) electrons. The highest BCUT2D eigenvalue weighted by Crippen LogP contribution is 2.28. The molecule has 0 bridgehead atoms. The number of benzene rings is 1. The van der Waals surface area contributed by atoms with Crippen molar-refractivity contribution in [2.75, 3.05) is 13.2 Å². The van der Waals surface area contributed by atoms with E-state index in [9.17, 15) is 10.1 Å². The van der Waals surface area contributed by atoms with E-state index in [1.807, 2.05) is 0 Å². The normalized spacial score (nSPS) is 11.4. The van der Waals surface area contributed by atoms with Crippen molar-refractivity contribution in [2.24, 2.45) is 0 Å². The Hall–Kier alpha value is -1.66. The average molecular weight is 296 g/mol. The molecule has 0 unspecified atom stereocenters. The zero-order valence-corrected chi connectivity index (χ0v) is 12.9. The molecule has 0 amide bonds. The van der Waals surface area contributed by atoms with Crippen molar-refractivity contribution in [1.29, 1.82) is 0 Å². The number of nitro benzene ring substituents is 1. The molecule has 21 heavy (non-hydrogen) atoms. The van der Waals surface area contributed by atoms with E-state index in [2.05, 4.69) is 26.1 Å². The fraction of sp³-hybridized carbons (Fsp3) is 0.600. The lowest BCUT2D eigenvalue weighted by atomic mass is 10.1. The summed E-state index contributed by atoms with van der Waals surface area (Å²) in [5, 5.41) is 23.1. The first-order valence-electron chi connectivity index (χ1n) is 7.09. The third kappa shape index (κ3) is 6.55. The smallest absolute Gasteiger partial charge is 0.310 e. The summed E-state index contributed by atoms with van der Waals surface area (Å²) in [6, 6.07) is 4.91. The number of nitrogens with zero attached hydrogens (tertiary/aromatic N) is 1. The Kier molecular flexibility index (Phi) is 6.58. The van der Waals surface area contributed by atoms with Crippen molar-refractivity contribution in [3.63, 3.8) is 0 Å². The van der Waals surface area contributed by atoms with Crippen LogP contribution in [0.5, 0.6) is 5.75 Å². The number of aliphatic hydroxyl groups is 1. The van der Waals surface area contributed by atoms with Crippen LogP contribution in [-0.2, 0) is 6.54 Å². The number of nitro groups is 1. The van der Waals surface area contributed by atoms with Gasteiger partial charge in [-0.3, -0.25) is 10.1 Å². The van der Waals surface area contributed by atoms with Gasteiger partial charge in [0, 0.05) is 24.8 Å². The summed E-state index contributed by atoms with van der Waals surface area (Å²) in [6.45, 7) is 7.26. The van der Waals surface area contributed by atoms with Crippen LogP contribution in [0, 0.1) is 10.1 Å². The lowest BCUT2D eigenvalue weighted by Crippen LogP contribution is -2.35. The van der Waals surface area contributed by atoms with Gasteiger partial charge in [-0.2, -0.15) is 0 Å². The zero-order chi connectivity index (χ0) is 15.9. The molecule has 1 aromatic carbocycles. The second-order valence-electron chi connectivity index (χ2n) is 5.94. The summed E-state index contributed by atoms with van der Waals surface area (Å²) in [4.78, 5) is 10.6. The van der Waals surface area contributed by atoms with Gasteiger partial charge >= 0.3 is 5.69 Å². The van der Waals surface area contributed by atoms with Crippen LogP contribution in [0.3, 0.4) is 0 Å². The summed E-state index contributed by atoms with van der Waals surface area (Å²) >= 11 is 0. The van der Waals surface area contributed by atoms with Crippen LogP contribution in [0.15, 0.2) is 18.2 Å². The van der Waals surface area contributed by atoms with Crippen LogP contribution >= 0.6 is 0 Å². The third-order valence-corrected chi connectivity index (χ3v) is 2.85. The largest absolute Gasteiger partial charge is 0.487 e. The van der Waals surface area contributed by atoms with E-state index < -0.39 is 4.92 Å². The topological polar surface area (TPSA) is 84.6 Å². The van der Waals surface area contributed by atoms with Crippen molar-refractivity contribution in [3.05, 3.63) is 33.9 Å². The zero-order valence-electron chi connectivity index (χ0n) is 12.9. The van der Waals surface area contributed by atoms with Gasteiger partial charge in [0.2, 0.25) is 0 Å². The van der Waals surface area contributed by atoms with Crippen LogP contribution < -0.4 is 10.1 Å². The van der Waals surface area contributed by atoms with Gasteiger partial charge in [0.25, 0.3) is 0 Å². The van der Waals surface area contributed by atoms with Gasteiger partial charge in [0.05, 0.1) is 11.5 Å². The van der Waals surface area contributed by atoms with Gasteiger partial charge in [0.1, 0.15) is 0 Å². The lowest BCUT2D eigenvalue weighted by molar-refractivity contribution is -0.385. The first-order valence-corrected chi connectivity index (χ1v) is 7.09. The van der Waals surface area contributed by atoms with Gasteiger partial charge < -0.3 is 15.2 Å². The molecule has 0 aliphatic rings. The first-order chi connectivity index (χ1) is 9.83. The first kappa shape index (κ1) is 17.4. The molecule has 1 rings (SSSR count). The molecule has 0 atom stereocenters. The predicted octanol–water partition coefficient (Wildman–Crippen LogP) is 2.63. The van der Waals surface area contributed by atoms with Gasteiger partial charge in [-0.15, -0.1) is 0 Å². The van der Waals surface area contributed by atoms with E-state index in [0.717, 1.165) is 5.56 Å². The number of hydrogen-bond acceptors (Lipinski definition) is 5. The molecule has 6 nitrogen and oxygen atoms in total. The molecule has 0 saturated heterocycles. The summed E-state index contributed by atoms with van der Waals surface area (Å²) in [5.74, 6) is 0.283. The molecule has 6 heteroatoms. The maximum atomic E-state index is 11.0. The van der Waals surface area contributed by atoms with Gasteiger partial charge in [-0.25, -0.2) is 0 Å². The second kappa shape index (κ2) is 7.95. The van der Waals surface area contributed by atoms with Crippen LogP contribution in [0.2, 0.25) is 0 Å². The van der Waals surface area contributed by atoms with E-state index in [1.54, 1.807) is 12.1 Å². The summed E-state index contributed by atoms with van der Waals surface area (Å²) in [7, 11) is 0. The van der Waals surface area contributed by atoms with Crippen LogP contribution in [-0.4, -0.2) is 28.8 Å². The molecule has 2 N–H and O–H groups in total. The van der Waals surface area contributed by atoms with E-state index in [1.165, 1.54) is 6.07 Å². The van der Waals surface area contributed by atoms with Crippen molar-refractivity contribution >= 4 is 5.69 Å². The minimum atomic E-state index is -0.442. The molecular formula is C15H24N2O4. The fourth-order valence-electron chi connectivity index (χ4n) is 1.70. The molecule has 0 aromatic heterocycles. The highest BCUT2D eigenvalue weighted by atomic mass is 16.6. The third-order valence-electron chi connectivity index (χ3n) is 2.85. The quantitative estimate of drug-likeness (QED) is 0.437. The SMILES string of the molecule is CC(C)(C)NCc1ccc([N+](=O)[O-])c(OCCCCO)c1. The maximum Gasteiger partial charge on any atom is 0.310 e. The molecule has 0 spiro atoms. The Morgan fingerprint density at radius 1 is 1.33 bits per heavy atom. The van der Waals surface area contributed by atoms with Crippen molar-refractivity contribution in [3.8, 4) is 5.75 Å². The standard InChI is InChI=1S/C15H24N2O4/c1-15(2,3)16-11-12-6-7-13(17(19)20)14(10-12)21-9-5-4-8-18/h6-7,10,16,18H,4-5,8-9,11H2,1-3H3. The second-order valence-corrected chi connectivity index (χ2v) is 5.94. The van der Waals surface area contributed by atoms with E-state index in [4.69, 9.17) is 9.84 Å². The Labute approximate surface area is 125 Å². The Balaban J connectivity index is 2.77. The van der Waals surface area contributed by atoms with Crippen LogP contribution in [0.25, 0.3) is 0 Å². The summed E-state index contributed by atoms with van der Waals surface area (Å²) in [6.07, 6.45) is 1.29. The monoisotopic (exact) mass is 296 g/mol. The number of unbranched alkanes of at least 4 members (excludes halogenated alkanes) is 1. The molecule has 0 fully saturated rings. The molecule has 0 heterocycles. The molecular weight excluding hydrogens is 272 g/mol. The summed E-state index contributed by atoms with van der Waals surface area (Å²) < 4.78 is 5.49. The molecule has 0 aliphatic heterocycles. The summed E-state index contributed by atoms with van der Waals surface area (Å²) in [5.41, 5.74) is 0.885. The fourth-order valence-corrected chi connectivity index (χ4v) is 1.70. The lowest BCUT2D eigenvalue weighted by Gasteiger charge is -2.20. The average Bonchev–Trinajstić information content (AvgIpc) is 2.40. The predicted molar refractivity (Wildman–Crippen MR) is 81.5 cm³/mol. The number of ether oxygens (including phenoxy) is 1. The van der Waals surface area contributed by atoms with E-state index in [0.29, 0.717) is 26.0 Å². The molecule has 0 saturated carbocycles. The molecule has 1 aromatic rings. The van der Waals surface area contributed by atoms with Crippen molar-refractivity contribution in [2.45, 2.75) is 45.7 Å². The maximum absolute atomic E-state index is 11.0. The van der Waals surface area contributed by atoms with Gasteiger partial charge in [-0.1, -0.05) is 6.07 Å². The number of nitrogens with one attached hydrogen (secondary N) is 1. The number of rotatable bonds is 8. The minimum Gasteiger partial charge on any atom is -0.487 e. The van der Waals surface area contributed by atoms with E-state index in [-0.39, 0.29) is 23.6 Å². The van der Waals surface area contributed by atoms with Gasteiger partial charge in [-0.05, 0) is 45.2 Å². The Morgan fingerprint density at radius 3 is 2.62 bits per heavy atom. The van der Waals surface area contributed by atoms with Crippen molar-refractivity contribution in [1.82, 2.24) is 5.32 Å². The Morgan fingerprint density at radius 2 is 2.05 bits per heavy atom. The van der Waals surface area contributed by atoms with Gasteiger partial charge in [0.15, 0.2) is 5.75 Å².